The molecule has 0 saturated carbocycles. The minimum Gasteiger partial charge on any atom is -0.494 e. The van der Waals surface area contributed by atoms with Crippen molar-refractivity contribution in [1.82, 2.24) is 10.6 Å². The highest BCUT2D eigenvalue weighted by Crippen LogP contribution is 2.10. The highest BCUT2D eigenvalue weighted by molar-refractivity contribution is 5.79. The number of nitrogens with zero attached hydrogens (tertiary/aromatic N) is 1. The van der Waals surface area contributed by atoms with E-state index < -0.39 is 0 Å². The number of hydrogen-bond acceptors (Lipinski definition) is 3. The predicted molar refractivity (Wildman–Crippen MR) is 89.5 cm³/mol. The van der Waals surface area contributed by atoms with Gasteiger partial charge in [0.25, 0.3) is 0 Å². The third-order valence-corrected chi connectivity index (χ3v) is 3.62. The van der Waals surface area contributed by atoms with Gasteiger partial charge in [0.1, 0.15) is 5.75 Å². The third kappa shape index (κ3) is 6.35. The lowest BCUT2D eigenvalue weighted by Gasteiger charge is -2.15. The second kappa shape index (κ2) is 10.1. The van der Waals surface area contributed by atoms with Gasteiger partial charge in [-0.2, -0.15) is 0 Å². The van der Waals surface area contributed by atoms with Crippen LogP contribution in [0.5, 0.6) is 5.75 Å². The molecule has 0 aromatic heterocycles. The summed E-state index contributed by atoms with van der Waals surface area (Å²) in [7, 11) is 1.79. The third-order valence-electron chi connectivity index (χ3n) is 3.62. The Kier molecular flexibility index (Phi) is 7.60. The maximum atomic E-state index is 5.66. The zero-order valence-electron chi connectivity index (χ0n) is 13.4. The molecule has 0 bridgehead atoms. The molecule has 122 valence electrons. The monoisotopic (exact) mass is 305 g/mol. The topological polar surface area (TPSA) is 54.9 Å². The van der Waals surface area contributed by atoms with Crippen LogP contribution in [0.25, 0.3) is 0 Å². The molecular weight excluding hydrogens is 278 g/mol. The number of para-hydroxylation sites is 1. The number of hydrogen-bond donors (Lipinski definition) is 2. The summed E-state index contributed by atoms with van der Waals surface area (Å²) in [5.41, 5.74) is 0. The first-order chi connectivity index (χ1) is 10.9. The molecule has 22 heavy (non-hydrogen) atoms. The molecule has 0 spiro atoms. The molecule has 1 aromatic carbocycles. The minimum atomic E-state index is 0.331. The number of unbranched alkanes of at least 4 members (excludes halogenated alkanes) is 1. The normalized spacial score (nSPS) is 18.2. The smallest absolute Gasteiger partial charge is 0.191 e. The van der Waals surface area contributed by atoms with E-state index in [4.69, 9.17) is 9.47 Å². The summed E-state index contributed by atoms with van der Waals surface area (Å²) in [6.07, 6.45) is 4.71. The molecule has 0 radical (unpaired) electrons. The first-order valence-electron chi connectivity index (χ1n) is 8.12. The van der Waals surface area contributed by atoms with Gasteiger partial charge in [0.2, 0.25) is 0 Å². The molecule has 0 amide bonds. The summed E-state index contributed by atoms with van der Waals surface area (Å²) in [5, 5.41) is 6.63. The largest absolute Gasteiger partial charge is 0.494 e. The first-order valence-corrected chi connectivity index (χ1v) is 8.12. The molecule has 1 atom stereocenters. The van der Waals surface area contributed by atoms with Gasteiger partial charge < -0.3 is 20.1 Å². The lowest BCUT2D eigenvalue weighted by Crippen LogP contribution is -2.41. The molecule has 1 unspecified atom stereocenters. The van der Waals surface area contributed by atoms with E-state index >= 15 is 0 Å². The molecule has 2 rings (SSSR count). The Bertz CT molecular complexity index is 431. The van der Waals surface area contributed by atoms with E-state index in [1.54, 1.807) is 7.05 Å². The average molecular weight is 305 g/mol. The molecular formula is C17H27N3O2. The van der Waals surface area contributed by atoms with Gasteiger partial charge in [-0.1, -0.05) is 18.2 Å². The standard InChI is InChI=1S/C17H27N3O2/c1-18-17(20-14-16-10-7-13-22-16)19-11-5-6-12-21-15-8-3-2-4-9-15/h2-4,8-9,16H,5-7,10-14H2,1H3,(H2,18,19,20). The van der Waals surface area contributed by atoms with Crippen LogP contribution in [0.2, 0.25) is 0 Å². The van der Waals surface area contributed by atoms with Gasteiger partial charge in [-0.25, -0.2) is 0 Å². The highest BCUT2D eigenvalue weighted by atomic mass is 16.5. The fourth-order valence-electron chi connectivity index (χ4n) is 2.38. The van der Waals surface area contributed by atoms with Crippen LogP contribution in [0.3, 0.4) is 0 Å². The SMILES string of the molecule is CN=C(NCCCCOc1ccccc1)NCC1CCCO1. The van der Waals surface area contributed by atoms with Gasteiger partial charge in [-0.05, 0) is 37.8 Å². The number of benzene rings is 1. The molecule has 5 heteroatoms. The van der Waals surface area contributed by atoms with E-state index in [1.807, 2.05) is 30.3 Å². The fraction of sp³-hybridized carbons (Fsp3) is 0.588. The van der Waals surface area contributed by atoms with Crippen molar-refractivity contribution in [2.75, 3.05) is 33.4 Å². The Morgan fingerprint density at radius 3 is 2.86 bits per heavy atom. The van der Waals surface area contributed by atoms with E-state index in [9.17, 15) is 0 Å². The predicted octanol–water partition coefficient (Wildman–Crippen LogP) is 2.19. The average Bonchev–Trinajstić information content (AvgIpc) is 3.08. The van der Waals surface area contributed by atoms with E-state index in [1.165, 1.54) is 6.42 Å². The van der Waals surface area contributed by atoms with Crippen LogP contribution >= 0.6 is 0 Å². The summed E-state index contributed by atoms with van der Waals surface area (Å²) < 4.78 is 11.2. The van der Waals surface area contributed by atoms with Crippen molar-refractivity contribution in [3.8, 4) is 5.75 Å². The molecule has 1 saturated heterocycles. The van der Waals surface area contributed by atoms with Gasteiger partial charge in [-0.3, -0.25) is 4.99 Å². The second-order valence-corrected chi connectivity index (χ2v) is 5.38. The van der Waals surface area contributed by atoms with E-state index in [-0.39, 0.29) is 0 Å². The zero-order chi connectivity index (χ0) is 15.5. The Labute approximate surface area is 133 Å². The van der Waals surface area contributed by atoms with E-state index in [0.717, 1.165) is 57.3 Å². The van der Waals surface area contributed by atoms with Crippen molar-refractivity contribution in [3.05, 3.63) is 30.3 Å². The molecule has 1 fully saturated rings. The number of rotatable bonds is 8. The highest BCUT2D eigenvalue weighted by Gasteiger charge is 2.15. The molecule has 0 aliphatic carbocycles. The van der Waals surface area contributed by atoms with Crippen LogP contribution < -0.4 is 15.4 Å². The number of ether oxygens (including phenoxy) is 2. The van der Waals surface area contributed by atoms with Crippen LogP contribution in [-0.4, -0.2) is 45.4 Å². The molecule has 1 aliphatic rings. The zero-order valence-corrected chi connectivity index (χ0v) is 13.4. The van der Waals surface area contributed by atoms with Gasteiger partial charge in [0.15, 0.2) is 5.96 Å². The Morgan fingerprint density at radius 1 is 1.27 bits per heavy atom. The Hall–Kier alpha value is -1.75. The van der Waals surface area contributed by atoms with Crippen LogP contribution in [0.15, 0.2) is 35.3 Å². The van der Waals surface area contributed by atoms with Crippen LogP contribution in [0.4, 0.5) is 0 Å². The molecule has 2 N–H and O–H groups in total. The summed E-state index contributed by atoms with van der Waals surface area (Å²) in [6.45, 7) is 3.35. The van der Waals surface area contributed by atoms with Crippen molar-refractivity contribution in [2.24, 2.45) is 4.99 Å². The maximum absolute atomic E-state index is 5.66. The first kappa shape index (κ1) is 16.6. The van der Waals surface area contributed by atoms with Crippen molar-refractivity contribution in [2.45, 2.75) is 31.8 Å². The lowest BCUT2D eigenvalue weighted by molar-refractivity contribution is 0.114. The molecule has 1 aliphatic heterocycles. The Balaban J connectivity index is 1.49. The summed E-state index contributed by atoms with van der Waals surface area (Å²) in [5.74, 6) is 1.78. The number of aliphatic imine (C=N–C) groups is 1. The van der Waals surface area contributed by atoms with E-state index in [2.05, 4.69) is 15.6 Å². The maximum Gasteiger partial charge on any atom is 0.191 e. The van der Waals surface area contributed by atoms with Crippen molar-refractivity contribution < 1.29 is 9.47 Å². The van der Waals surface area contributed by atoms with E-state index in [0.29, 0.717) is 6.10 Å². The van der Waals surface area contributed by atoms with Gasteiger partial charge in [0.05, 0.1) is 12.7 Å². The number of guanidine groups is 1. The van der Waals surface area contributed by atoms with Crippen molar-refractivity contribution in [1.29, 1.82) is 0 Å². The summed E-state index contributed by atoms with van der Waals surface area (Å²) >= 11 is 0. The summed E-state index contributed by atoms with van der Waals surface area (Å²) in [4.78, 5) is 4.22. The van der Waals surface area contributed by atoms with Crippen LogP contribution in [0, 0.1) is 0 Å². The lowest BCUT2D eigenvalue weighted by atomic mass is 10.2. The Morgan fingerprint density at radius 2 is 2.14 bits per heavy atom. The van der Waals surface area contributed by atoms with Crippen LogP contribution in [-0.2, 0) is 4.74 Å². The second-order valence-electron chi connectivity index (χ2n) is 5.38. The van der Waals surface area contributed by atoms with Gasteiger partial charge in [-0.15, -0.1) is 0 Å². The quantitative estimate of drug-likeness (QED) is 0.439. The minimum absolute atomic E-state index is 0.331. The molecule has 1 heterocycles. The fourth-order valence-corrected chi connectivity index (χ4v) is 2.38. The van der Waals surface area contributed by atoms with Crippen molar-refractivity contribution >= 4 is 5.96 Å². The van der Waals surface area contributed by atoms with Crippen molar-refractivity contribution in [3.63, 3.8) is 0 Å². The molecule has 1 aromatic rings. The van der Waals surface area contributed by atoms with Crippen LogP contribution in [0.1, 0.15) is 25.7 Å². The number of nitrogens with one attached hydrogen (secondary N) is 2. The van der Waals surface area contributed by atoms with Gasteiger partial charge in [0, 0.05) is 26.7 Å². The molecule has 5 nitrogen and oxygen atoms in total. The van der Waals surface area contributed by atoms with Gasteiger partial charge >= 0.3 is 0 Å². The summed E-state index contributed by atoms with van der Waals surface area (Å²) in [6, 6.07) is 9.93.